The highest BCUT2D eigenvalue weighted by Gasteiger charge is 2.19. The molecular formula is C20H24BrNO3. The number of methoxy groups -OCH3 is 1. The number of aryl methyl sites for hydroxylation is 2. The van der Waals surface area contributed by atoms with Crippen LogP contribution in [0.15, 0.2) is 34.8 Å². The Kier molecular flexibility index (Phi) is 6.48. The van der Waals surface area contributed by atoms with Crippen LogP contribution in [0.3, 0.4) is 0 Å². The summed E-state index contributed by atoms with van der Waals surface area (Å²) >= 11 is 3.49. The molecule has 4 nitrogen and oxygen atoms in total. The molecule has 25 heavy (non-hydrogen) atoms. The van der Waals surface area contributed by atoms with Gasteiger partial charge in [0.05, 0.1) is 18.2 Å². The molecule has 0 saturated carbocycles. The number of halogens is 1. The highest BCUT2D eigenvalue weighted by molar-refractivity contribution is 9.10. The van der Waals surface area contributed by atoms with Gasteiger partial charge in [-0.25, -0.2) is 0 Å². The van der Waals surface area contributed by atoms with E-state index in [1.54, 1.807) is 31.2 Å². The average molecular weight is 406 g/mol. The van der Waals surface area contributed by atoms with Crippen LogP contribution in [0.25, 0.3) is 0 Å². The largest absolute Gasteiger partial charge is 0.493 e. The van der Waals surface area contributed by atoms with Crippen molar-refractivity contribution in [3.63, 3.8) is 0 Å². The maximum atomic E-state index is 12.9. The van der Waals surface area contributed by atoms with Gasteiger partial charge in [0.25, 0.3) is 5.91 Å². The summed E-state index contributed by atoms with van der Waals surface area (Å²) in [5, 5.41) is 0. The van der Waals surface area contributed by atoms with E-state index in [1.807, 2.05) is 32.9 Å². The molecule has 0 heterocycles. The maximum Gasteiger partial charge on any atom is 0.258 e. The van der Waals surface area contributed by atoms with Crippen LogP contribution in [-0.2, 0) is 0 Å². The van der Waals surface area contributed by atoms with Crippen molar-refractivity contribution in [2.45, 2.75) is 27.2 Å². The topological polar surface area (TPSA) is 38.8 Å². The molecule has 1 amide bonds. The monoisotopic (exact) mass is 405 g/mol. The molecule has 2 aromatic rings. The number of amides is 1. The molecule has 0 unspecified atom stereocenters. The predicted octanol–water partition coefficient (Wildman–Crippen LogP) is 5.14. The number of hydrogen-bond acceptors (Lipinski definition) is 3. The number of carbonyl (C=O) groups is 1. The number of ether oxygens (including phenoxy) is 2. The lowest BCUT2D eigenvalue weighted by Gasteiger charge is -2.20. The van der Waals surface area contributed by atoms with Crippen LogP contribution in [0, 0.1) is 13.8 Å². The van der Waals surface area contributed by atoms with Gasteiger partial charge in [0.1, 0.15) is 0 Å². The Balaban J connectivity index is 2.36. The third-order valence-electron chi connectivity index (χ3n) is 3.83. The zero-order chi connectivity index (χ0) is 18.6. The van der Waals surface area contributed by atoms with Crippen molar-refractivity contribution in [3.05, 3.63) is 51.5 Å². The Morgan fingerprint density at radius 2 is 1.76 bits per heavy atom. The third-order valence-corrected chi connectivity index (χ3v) is 4.41. The normalized spacial score (nSPS) is 10.5. The van der Waals surface area contributed by atoms with Crippen molar-refractivity contribution < 1.29 is 14.3 Å². The second-order valence-corrected chi connectivity index (χ2v) is 6.90. The molecule has 0 radical (unpaired) electrons. The van der Waals surface area contributed by atoms with Gasteiger partial charge < -0.3 is 14.4 Å². The lowest BCUT2D eigenvalue weighted by molar-refractivity contribution is 0.0992. The van der Waals surface area contributed by atoms with Crippen molar-refractivity contribution in [2.24, 2.45) is 0 Å². The van der Waals surface area contributed by atoms with Gasteiger partial charge in [-0.05, 0) is 71.6 Å². The molecule has 0 fully saturated rings. The van der Waals surface area contributed by atoms with Crippen molar-refractivity contribution >= 4 is 27.5 Å². The molecule has 5 heteroatoms. The fraction of sp³-hybridized carbons (Fsp3) is 0.350. The highest BCUT2D eigenvalue weighted by Crippen LogP contribution is 2.37. The van der Waals surface area contributed by atoms with Crippen LogP contribution in [-0.4, -0.2) is 26.7 Å². The summed E-state index contributed by atoms with van der Waals surface area (Å²) in [6, 6.07) is 9.57. The predicted molar refractivity (Wildman–Crippen MR) is 105 cm³/mol. The van der Waals surface area contributed by atoms with E-state index in [9.17, 15) is 4.79 Å². The second-order valence-electron chi connectivity index (χ2n) is 6.05. The van der Waals surface area contributed by atoms with Crippen LogP contribution in [0.2, 0.25) is 0 Å². The molecule has 2 rings (SSSR count). The van der Waals surface area contributed by atoms with Gasteiger partial charge in [0.15, 0.2) is 11.5 Å². The van der Waals surface area contributed by atoms with Gasteiger partial charge in [-0.1, -0.05) is 13.0 Å². The second kappa shape index (κ2) is 8.39. The average Bonchev–Trinajstić information content (AvgIpc) is 2.57. The summed E-state index contributed by atoms with van der Waals surface area (Å²) in [5.74, 6) is 1.06. The standard InChI is InChI=1S/C20H24BrNO3/c1-6-7-25-19-17(21)11-15(12-18(19)24-5)20(23)22(4)16-9-13(2)8-14(3)10-16/h8-12H,6-7H2,1-5H3. The summed E-state index contributed by atoms with van der Waals surface area (Å²) in [4.78, 5) is 14.6. The Labute approximate surface area is 157 Å². The number of hydrogen-bond donors (Lipinski definition) is 0. The minimum Gasteiger partial charge on any atom is -0.493 e. The van der Waals surface area contributed by atoms with Crippen LogP contribution >= 0.6 is 15.9 Å². The smallest absolute Gasteiger partial charge is 0.258 e. The Morgan fingerprint density at radius 3 is 2.32 bits per heavy atom. The van der Waals surface area contributed by atoms with E-state index in [-0.39, 0.29) is 5.91 Å². The minimum atomic E-state index is -0.106. The van der Waals surface area contributed by atoms with E-state index >= 15 is 0 Å². The quantitative estimate of drug-likeness (QED) is 0.667. The van der Waals surface area contributed by atoms with E-state index in [0.717, 1.165) is 23.2 Å². The number of rotatable bonds is 6. The van der Waals surface area contributed by atoms with Gasteiger partial charge in [-0.2, -0.15) is 0 Å². The highest BCUT2D eigenvalue weighted by atomic mass is 79.9. The van der Waals surface area contributed by atoms with E-state index in [1.165, 1.54) is 0 Å². The molecule has 0 aliphatic heterocycles. The molecule has 2 aromatic carbocycles. The number of carbonyl (C=O) groups excluding carboxylic acids is 1. The summed E-state index contributed by atoms with van der Waals surface area (Å²) in [5.41, 5.74) is 3.64. The molecule has 0 bridgehead atoms. The zero-order valence-corrected chi connectivity index (χ0v) is 16.9. The van der Waals surface area contributed by atoms with Crippen molar-refractivity contribution in [1.29, 1.82) is 0 Å². The molecule has 0 spiro atoms. The number of benzene rings is 2. The Bertz CT molecular complexity index is 754. The molecule has 0 saturated heterocycles. The van der Waals surface area contributed by atoms with E-state index in [2.05, 4.69) is 22.0 Å². The number of anilines is 1. The Hall–Kier alpha value is -2.01. The lowest BCUT2D eigenvalue weighted by atomic mass is 10.1. The van der Waals surface area contributed by atoms with Gasteiger partial charge in [0, 0.05) is 18.3 Å². The van der Waals surface area contributed by atoms with Gasteiger partial charge in [-0.15, -0.1) is 0 Å². The lowest BCUT2D eigenvalue weighted by Crippen LogP contribution is -2.26. The van der Waals surface area contributed by atoms with E-state index in [4.69, 9.17) is 9.47 Å². The van der Waals surface area contributed by atoms with Crippen molar-refractivity contribution in [2.75, 3.05) is 25.7 Å². The molecule has 134 valence electrons. The molecule has 0 aromatic heterocycles. The first kappa shape index (κ1) is 19.3. The van der Waals surface area contributed by atoms with Crippen molar-refractivity contribution in [3.8, 4) is 11.5 Å². The van der Waals surface area contributed by atoms with E-state index in [0.29, 0.717) is 28.1 Å². The molecular weight excluding hydrogens is 382 g/mol. The zero-order valence-electron chi connectivity index (χ0n) is 15.4. The first-order chi connectivity index (χ1) is 11.9. The summed E-state index contributed by atoms with van der Waals surface area (Å²) in [7, 11) is 3.35. The SMILES string of the molecule is CCCOc1c(Br)cc(C(=O)N(C)c2cc(C)cc(C)c2)cc1OC. The van der Waals surface area contributed by atoms with Crippen LogP contribution in [0.4, 0.5) is 5.69 Å². The Morgan fingerprint density at radius 1 is 1.12 bits per heavy atom. The minimum absolute atomic E-state index is 0.106. The summed E-state index contributed by atoms with van der Waals surface area (Å²) in [6.45, 7) is 6.67. The fourth-order valence-electron chi connectivity index (χ4n) is 2.64. The van der Waals surface area contributed by atoms with Crippen LogP contribution < -0.4 is 14.4 Å². The fourth-order valence-corrected chi connectivity index (χ4v) is 3.20. The molecule has 0 N–H and O–H groups in total. The van der Waals surface area contributed by atoms with Gasteiger partial charge >= 0.3 is 0 Å². The van der Waals surface area contributed by atoms with Crippen LogP contribution in [0.5, 0.6) is 11.5 Å². The summed E-state index contributed by atoms with van der Waals surface area (Å²) < 4.78 is 11.8. The van der Waals surface area contributed by atoms with Crippen LogP contribution in [0.1, 0.15) is 34.8 Å². The first-order valence-electron chi connectivity index (χ1n) is 8.24. The molecule has 0 aliphatic carbocycles. The first-order valence-corrected chi connectivity index (χ1v) is 9.03. The third kappa shape index (κ3) is 4.54. The maximum absolute atomic E-state index is 12.9. The van der Waals surface area contributed by atoms with Crippen molar-refractivity contribution in [1.82, 2.24) is 0 Å². The molecule has 0 aliphatic rings. The van der Waals surface area contributed by atoms with E-state index < -0.39 is 0 Å². The molecule has 0 atom stereocenters. The number of nitrogens with zero attached hydrogens (tertiary/aromatic N) is 1. The summed E-state index contributed by atoms with van der Waals surface area (Å²) in [6.07, 6.45) is 0.895. The van der Waals surface area contributed by atoms with Gasteiger partial charge in [-0.3, -0.25) is 4.79 Å². The van der Waals surface area contributed by atoms with Gasteiger partial charge in [0.2, 0.25) is 0 Å².